The largest absolute Gasteiger partial charge is 0.229 e. The van der Waals surface area contributed by atoms with Gasteiger partial charge in [0, 0.05) is 16.0 Å². The maximum Gasteiger partial charge on any atom is 0.148 e. The van der Waals surface area contributed by atoms with Gasteiger partial charge in [0.25, 0.3) is 0 Å². The molecule has 74 valence electrons. The number of thiophene rings is 1. The Hall–Kier alpha value is 0.130. The van der Waals surface area contributed by atoms with Gasteiger partial charge in [-0.05, 0) is 19.1 Å². The summed E-state index contributed by atoms with van der Waals surface area (Å²) in [5.41, 5.74) is 0. The van der Waals surface area contributed by atoms with Crippen molar-refractivity contribution in [1.29, 1.82) is 0 Å². The Morgan fingerprint density at radius 2 is 2.15 bits per heavy atom. The zero-order valence-electron chi connectivity index (χ0n) is 7.45. The topological polar surface area (TPSA) is 34.1 Å². The Kier molecular flexibility index (Phi) is 3.54. The van der Waals surface area contributed by atoms with E-state index in [0.29, 0.717) is 0 Å². The second kappa shape index (κ2) is 4.11. The van der Waals surface area contributed by atoms with Gasteiger partial charge >= 0.3 is 0 Å². The van der Waals surface area contributed by atoms with Crippen LogP contribution in [0.5, 0.6) is 0 Å². The maximum atomic E-state index is 11.0. The molecule has 0 fully saturated rings. The maximum absolute atomic E-state index is 11.0. The Labute approximate surface area is 91.0 Å². The minimum atomic E-state index is -2.90. The molecule has 5 heteroatoms. The molecule has 1 atom stereocenters. The first kappa shape index (κ1) is 11.2. The fourth-order valence-electron chi connectivity index (χ4n) is 0.970. The molecule has 1 rings (SSSR count). The summed E-state index contributed by atoms with van der Waals surface area (Å²) in [5.74, 6) is 0.160. The number of sulfone groups is 1. The summed E-state index contributed by atoms with van der Waals surface area (Å²) in [6.07, 6.45) is 1.25. The molecule has 0 saturated heterocycles. The highest BCUT2D eigenvalue weighted by Crippen LogP contribution is 2.30. The van der Waals surface area contributed by atoms with Crippen molar-refractivity contribution in [3.8, 4) is 0 Å². The summed E-state index contributed by atoms with van der Waals surface area (Å²) in [6, 6.07) is 3.96. The molecule has 0 amide bonds. The molecule has 1 unspecified atom stereocenters. The lowest BCUT2D eigenvalue weighted by Gasteiger charge is -2.04. The van der Waals surface area contributed by atoms with Crippen LogP contribution >= 0.6 is 27.3 Å². The van der Waals surface area contributed by atoms with E-state index < -0.39 is 9.84 Å². The molecule has 1 aromatic rings. The molecule has 0 radical (unpaired) electrons. The van der Waals surface area contributed by atoms with Gasteiger partial charge in [0.1, 0.15) is 9.84 Å². The minimum absolute atomic E-state index is 0.0683. The van der Waals surface area contributed by atoms with E-state index in [1.165, 1.54) is 11.1 Å². The van der Waals surface area contributed by atoms with E-state index in [9.17, 15) is 8.42 Å². The average Bonchev–Trinajstić information content (AvgIpc) is 2.31. The van der Waals surface area contributed by atoms with Gasteiger partial charge < -0.3 is 0 Å². The highest BCUT2D eigenvalue weighted by atomic mass is 79.9. The Bertz CT molecular complexity index is 381. The molecule has 13 heavy (non-hydrogen) atoms. The van der Waals surface area contributed by atoms with Gasteiger partial charge in [-0.15, -0.1) is 11.3 Å². The van der Waals surface area contributed by atoms with Gasteiger partial charge in [-0.3, -0.25) is 0 Å². The lowest BCUT2D eigenvalue weighted by Crippen LogP contribution is -2.07. The van der Waals surface area contributed by atoms with E-state index in [-0.39, 0.29) is 10.6 Å². The standard InChI is InChI=1S/C8H11BrO2S2/c1-6-3-4-8(12-6)7(9)5-13(2,10)11/h3-4,7H,5H2,1-2H3. The van der Waals surface area contributed by atoms with Crippen LogP contribution in [0.1, 0.15) is 14.6 Å². The summed E-state index contributed by atoms with van der Waals surface area (Å²) in [6.45, 7) is 2.01. The number of aryl methyl sites for hydroxylation is 1. The van der Waals surface area contributed by atoms with E-state index in [2.05, 4.69) is 15.9 Å². The predicted molar refractivity (Wildman–Crippen MR) is 60.4 cm³/mol. The molecule has 0 aliphatic carbocycles. The first-order chi connectivity index (χ1) is 5.88. The summed E-state index contributed by atoms with van der Waals surface area (Å²) < 4.78 is 22.0. The van der Waals surface area contributed by atoms with E-state index in [1.54, 1.807) is 11.3 Å². The quantitative estimate of drug-likeness (QED) is 0.799. The van der Waals surface area contributed by atoms with Crippen molar-refractivity contribution in [2.75, 3.05) is 12.0 Å². The zero-order valence-corrected chi connectivity index (χ0v) is 10.7. The van der Waals surface area contributed by atoms with E-state index in [0.717, 1.165) is 4.88 Å². The molecule has 0 N–H and O–H groups in total. The second-order valence-electron chi connectivity index (χ2n) is 3.01. The first-order valence-electron chi connectivity index (χ1n) is 3.76. The highest BCUT2D eigenvalue weighted by Gasteiger charge is 2.15. The molecule has 0 aromatic carbocycles. The van der Waals surface area contributed by atoms with Crippen LogP contribution in [-0.2, 0) is 9.84 Å². The monoisotopic (exact) mass is 282 g/mol. The van der Waals surface area contributed by atoms with Crippen molar-refractivity contribution in [3.05, 3.63) is 21.9 Å². The smallest absolute Gasteiger partial charge is 0.148 e. The highest BCUT2D eigenvalue weighted by molar-refractivity contribution is 9.09. The summed E-state index contributed by atoms with van der Waals surface area (Å²) >= 11 is 4.99. The third-order valence-electron chi connectivity index (χ3n) is 1.52. The summed E-state index contributed by atoms with van der Waals surface area (Å²) in [7, 11) is -2.90. The number of hydrogen-bond donors (Lipinski definition) is 0. The molecule has 0 aliphatic rings. The fraction of sp³-hybridized carbons (Fsp3) is 0.500. The third-order valence-corrected chi connectivity index (χ3v) is 5.12. The van der Waals surface area contributed by atoms with Crippen molar-refractivity contribution in [2.45, 2.75) is 11.8 Å². The molecule has 2 nitrogen and oxygen atoms in total. The van der Waals surface area contributed by atoms with Crippen molar-refractivity contribution in [3.63, 3.8) is 0 Å². The van der Waals surface area contributed by atoms with Crippen LogP contribution in [0.4, 0.5) is 0 Å². The van der Waals surface area contributed by atoms with Gasteiger partial charge in [0.15, 0.2) is 0 Å². The lowest BCUT2D eigenvalue weighted by atomic mass is 10.4. The second-order valence-corrected chi connectivity index (χ2v) is 7.62. The van der Waals surface area contributed by atoms with Gasteiger partial charge in [0.05, 0.1) is 10.6 Å². The molecular weight excluding hydrogens is 272 g/mol. The molecule has 0 bridgehead atoms. The van der Waals surface area contributed by atoms with Crippen LogP contribution < -0.4 is 0 Å². The molecular formula is C8H11BrO2S2. The van der Waals surface area contributed by atoms with Crippen LogP contribution in [0.2, 0.25) is 0 Å². The van der Waals surface area contributed by atoms with Crippen LogP contribution in [-0.4, -0.2) is 20.4 Å². The Morgan fingerprint density at radius 1 is 1.54 bits per heavy atom. The molecule has 0 saturated carbocycles. The van der Waals surface area contributed by atoms with Crippen LogP contribution in [0, 0.1) is 6.92 Å². The van der Waals surface area contributed by atoms with E-state index in [1.807, 2.05) is 19.1 Å². The molecule has 0 spiro atoms. The molecule has 1 heterocycles. The summed E-state index contributed by atoms with van der Waals surface area (Å²) in [5, 5.41) is 0. The average molecular weight is 283 g/mol. The third kappa shape index (κ3) is 3.79. The van der Waals surface area contributed by atoms with Crippen molar-refractivity contribution >= 4 is 37.1 Å². The van der Waals surface area contributed by atoms with Crippen molar-refractivity contribution in [1.82, 2.24) is 0 Å². The van der Waals surface area contributed by atoms with Crippen LogP contribution in [0.3, 0.4) is 0 Å². The SMILES string of the molecule is Cc1ccc(C(Br)CS(C)(=O)=O)s1. The Balaban J connectivity index is 2.75. The van der Waals surface area contributed by atoms with Gasteiger partial charge in [0.2, 0.25) is 0 Å². The molecule has 0 aliphatic heterocycles. The van der Waals surface area contributed by atoms with Crippen molar-refractivity contribution < 1.29 is 8.42 Å². The fourth-order valence-corrected chi connectivity index (χ4v) is 4.51. The van der Waals surface area contributed by atoms with Gasteiger partial charge in [-0.2, -0.15) is 0 Å². The minimum Gasteiger partial charge on any atom is -0.229 e. The zero-order chi connectivity index (χ0) is 10.1. The predicted octanol–water partition coefficient (Wildman–Crippen LogP) is 2.54. The van der Waals surface area contributed by atoms with Gasteiger partial charge in [-0.25, -0.2) is 8.42 Å². The van der Waals surface area contributed by atoms with Gasteiger partial charge in [-0.1, -0.05) is 15.9 Å². The number of hydrogen-bond acceptors (Lipinski definition) is 3. The summed E-state index contributed by atoms with van der Waals surface area (Å²) in [4.78, 5) is 2.21. The number of halogens is 1. The van der Waals surface area contributed by atoms with Crippen molar-refractivity contribution in [2.24, 2.45) is 0 Å². The first-order valence-corrected chi connectivity index (χ1v) is 7.56. The van der Waals surface area contributed by atoms with Crippen LogP contribution in [0.25, 0.3) is 0 Å². The normalized spacial score (nSPS) is 14.4. The molecule has 1 aromatic heterocycles. The Morgan fingerprint density at radius 3 is 2.54 bits per heavy atom. The number of alkyl halides is 1. The number of rotatable bonds is 3. The van der Waals surface area contributed by atoms with E-state index in [4.69, 9.17) is 0 Å². The van der Waals surface area contributed by atoms with E-state index >= 15 is 0 Å². The van der Waals surface area contributed by atoms with Crippen LogP contribution in [0.15, 0.2) is 12.1 Å². The lowest BCUT2D eigenvalue weighted by molar-refractivity contribution is 0.601.